The van der Waals surface area contributed by atoms with Gasteiger partial charge in [0.1, 0.15) is 5.82 Å². The summed E-state index contributed by atoms with van der Waals surface area (Å²) in [7, 11) is 0. The molecule has 0 radical (unpaired) electrons. The Morgan fingerprint density at radius 3 is 2.70 bits per heavy atom. The summed E-state index contributed by atoms with van der Waals surface area (Å²) in [5.41, 5.74) is 6.15. The number of aromatic nitrogens is 2. The molecule has 4 rings (SSSR count). The number of nitrogens with zero attached hydrogens (tertiary/aromatic N) is 1. The van der Waals surface area contributed by atoms with Crippen LogP contribution in [0.3, 0.4) is 0 Å². The van der Waals surface area contributed by atoms with Gasteiger partial charge >= 0.3 is 0 Å². The summed E-state index contributed by atoms with van der Waals surface area (Å²) in [4.78, 5) is 7.44. The van der Waals surface area contributed by atoms with E-state index >= 15 is 0 Å². The largest absolute Gasteiger partial charge is 0.345 e. The zero-order valence-corrected chi connectivity index (χ0v) is 16.4. The van der Waals surface area contributed by atoms with Gasteiger partial charge in [0.2, 0.25) is 0 Å². The van der Waals surface area contributed by atoms with Crippen LogP contribution >= 0.6 is 0 Å². The van der Waals surface area contributed by atoms with Gasteiger partial charge in [-0.1, -0.05) is 26.0 Å². The fraction of sp³-hybridized carbons (Fsp3) is 0.435. The maximum atomic E-state index is 14.7. The van der Waals surface area contributed by atoms with Crippen LogP contribution in [0.1, 0.15) is 50.7 Å². The van der Waals surface area contributed by atoms with Gasteiger partial charge in [-0.25, -0.2) is 9.37 Å². The average molecular weight is 365 g/mol. The molecule has 142 valence electrons. The number of halogens is 1. The number of aromatic amines is 1. The smallest absolute Gasteiger partial charge is 0.128 e. The van der Waals surface area contributed by atoms with Crippen LogP contribution in [0, 0.1) is 18.2 Å². The summed E-state index contributed by atoms with van der Waals surface area (Å²) >= 11 is 0. The summed E-state index contributed by atoms with van der Waals surface area (Å²) in [6.45, 7) is 7.32. The van der Waals surface area contributed by atoms with Crippen LogP contribution in [-0.4, -0.2) is 16.0 Å². The first-order chi connectivity index (χ1) is 12.9. The van der Waals surface area contributed by atoms with Crippen LogP contribution in [-0.2, 0) is 6.54 Å². The number of fused-ring (bicyclic) bond motifs is 1. The van der Waals surface area contributed by atoms with E-state index in [-0.39, 0.29) is 5.82 Å². The average Bonchev–Trinajstić information content (AvgIpc) is 3.08. The number of hydrogen-bond acceptors (Lipinski definition) is 2. The summed E-state index contributed by atoms with van der Waals surface area (Å²) < 4.78 is 14.7. The number of H-pyrrole nitrogens is 1. The van der Waals surface area contributed by atoms with Crippen LogP contribution in [0.2, 0.25) is 0 Å². The van der Waals surface area contributed by atoms with E-state index in [1.807, 2.05) is 25.1 Å². The lowest BCUT2D eigenvalue weighted by Gasteiger charge is -2.34. The van der Waals surface area contributed by atoms with Crippen LogP contribution in [0.4, 0.5) is 4.39 Å². The van der Waals surface area contributed by atoms with Crippen LogP contribution in [0.15, 0.2) is 36.7 Å². The zero-order chi connectivity index (χ0) is 19.0. The van der Waals surface area contributed by atoms with Gasteiger partial charge in [-0.2, -0.15) is 0 Å². The monoisotopic (exact) mass is 365 g/mol. The Bertz CT molecular complexity index is 947. The third-order valence-corrected chi connectivity index (χ3v) is 6.05. The van der Waals surface area contributed by atoms with Crippen LogP contribution in [0.5, 0.6) is 0 Å². The van der Waals surface area contributed by atoms with Crippen LogP contribution in [0.25, 0.3) is 22.2 Å². The third kappa shape index (κ3) is 3.91. The molecule has 27 heavy (non-hydrogen) atoms. The molecule has 1 aliphatic carbocycles. The second-order valence-corrected chi connectivity index (χ2v) is 8.71. The van der Waals surface area contributed by atoms with Gasteiger partial charge < -0.3 is 10.3 Å². The normalized spacial score (nSPS) is 17.5. The molecule has 0 spiro atoms. The lowest BCUT2D eigenvalue weighted by Crippen LogP contribution is -2.35. The van der Waals surface area contributed by atoms with E-state index in [2.05, 4.69) is 35.2 Å². The van der Waals surface area contributed by atoms with Gasteiger partial charge in [-0.05, 0) is 72.9 Å². The van der Waals surface area contributed by atoms with Gasteiger partial charge in [0.05, 0.1) is 17.4 Å². The van der Waals surface area contributed by atoms with Crippen molar-refractivity contribution in [3.63, 3.8) is 0 Å². The van der Waals surface area contributed by atoms with Crippen molar-refractivity contribution in [1.82, 2.24) is 15.3 Å². The van der Waals surface area contributed by atoms with Gasteiger partial charge in [-0.3, -0.25) is 0 Å². The highest BCUT2D eigenvalue weighted by molar-refractivity contribution is 5.83. The fourth-order valence-corrected chi connectivity index (χ4v) is 4.12. The molecule has 3 nitrogen and oxygen atoms in total. The standard InChI is InChI=1S/C23H28FN3/c1-15-10-21-22(27-14-26-21)12-19(15)16-4-5-17(20(24)11-16)13-25-18-6-8-23(2,3)9-7-18/h4-5,10-12,14,18,25H,6-9,13H2,1-3H3,(H,26,27). The first-order valence-electron chi connectivity index (χ1n) is 9.87. The van der Waals surface area contributed by atoms with Crippen molar-refractivity contribution in [1.29, 1.82) is 0 Å². The predicted molar refractivity (Wildman–Crippen MR) is 109 cm³/mol. The molecule has 0 saturated heterocycles. The Hall–Kier alpha value is -2.20. The highest BCUT2D eigenvalue weighted by Gasteiger charge is 2.26. The molecule has 2 N–H and O–H groups in total. The van der Waals surface area contributed by atoms with Crippen LogP contribution < -0.4 is 5.32 Å². The van der Waals surface area contributed by atoms with E-state index in [0.29, 0.717) is 18.0 Å². The van der Waals surface area contributed by atoms with Crippen molar-refractivity contribution >= 4 is 11.0 Å². The lowest BCUT2D eigenvalue weighted by atomic mass is 9.75. The SMILES string of the molecule is Cc1cc2[nH]cnc2cc1-c1ccc(CNC2CCC(C)(C)CC2)c(F)c1. The summed E-state index contributed by atoms with van der Waals surface area (Å²) in [6, 6.07) is 10.2. The summed E-state index contributed by atoms with van der Waals surface area (Å²) in [6.07, 6.45) is 6.52. The Morgan fingerprint density at radius 1 is 1.19 bits per heavy atom. The molecule has 0 unspecified atom stereocenters. The first kappa shape index (κ1) is 18.2. The molecule has 4 heteroatoms. The number of imidazole rings is 1. The fourth-order valence-electron chi connectivity index (χ4n) is 4.12. The molecule has 0 atom stereocenters. The molecule has 0 amide bonds. The van der Waals surface area contributed by atoms with Gasteiger partial charge in [-0.15, -0.1) is 0 Å². The molecule has 1 fully saturated rings. The summed E-state index contributed by atoms with van der Waals surface area (Å²) in [5, 5.41) is 3.55. The van der Waals surface area contributed by atoms with Crippen molar-refractivity contribution in [3.05, 3.63) is 53.6 Å². The Morgan fingerprint density at radius 2 is 1.96 bits per heavy atom. The van der Waals surface area contributed by atoms with Gasteiger partial charge in [0, 0.05) is 18.2 Å². The molecule has 1 heterocycles. The van der Waals surface area contributed by atoms with Crippen molar-refractivity contribution in [3.8, 4) is 11.1 Å². The molecule has 1 aliphatic rings. The first-order valence-corrected chi connectivity index (χ1v) is 9.87. The van der Waals surface area contributed by atoms with E-state index in [9.17, 15) is 4.39 Å². The van der Waals surface area contributed by atoms with E-state index < -0.39 is 0 Å². The van der Waals surface area contributed by atoms with Gasteiger partial charge in [0.15, 0.2) is 0 Å². The Balaban J connectivity index is 1.48. The molecule has 0 aliphatic heterocycles. The second-order valence-electron chi connectivity index (χ2n) is 8.71. The number of rotatable bonds is 4. The molecule has 0 bridgehead atoms. The highest BCUT2D eigenvalue weighted by atomic mass is 19.1. The highest BCUT2D eigenvalue weighted by Crippen LogP contribution is 2.35. The number of nitrogens with one attached hydrogen (secondary N) is 2. The minimum Gasteiger partial charge on any atom is -0.345 e. The molecule has 3 aromatic rings. The zero-order valence-electron chi connectivity index (χ0n) is 16.4. The molecule has 1 saturated carbocycles. The number of aryl methyl sites for hydroxylation is 1. The Labute approximate surface area is 160 Å². The van der Waals surface area contributed by atoms with Crippen molar-refractivity contribution in [2.75, 3.05) is 0 Å². The van der Waals surface area contributed by atoms with E-state index in [1.165, 1.54) is 25.7 Å². The van der Waals surface area contributed by atoms with Gasteiger partial charge in [0.25, 0.3) is 0 Å². The maximum Gasteiger partial charge on any atom is 0.128 e. The minimum atomic E-state index is -0.141. The third-order valence-electron chi connectivity index (χ3n) is 6.05. The van der Waals surface area contributed by atoms with E-state index in [1.54, 1.807) is 12.4 Å². The van der Waals surface area contributed by atoms with Crippen molar-refractivity contribution in [2.45, 2.75) is 59.0 Å². The minimum absolute atomic E-state index is 0.141. The van der Waals surface area contributed by atoms with E-state index in [0.717, 1.165) is 33.3 Å². The maximum absolute atomic E-state index is 14.7. The van der Waals surface area contributed by atoms with Crippen molar-refractivity contribution < 1.29 is 4.39 Å². The number of hydrogen-bond donors (Lipinski definition) is 2. The molecule has 1 aromatic heterocycles. The summed E-state index contributed by atoms with van der Waals surface area (Å²) in [5.74, 6) is -0.141. The predicted octanol–water partition coefficient (Wildman–Crippen LogP) is 5.74. The second kappa shape index (κ2) is 7.08. The quantitative estimate of drug-likeness (QED) is 0.619. The Kier molecular flexibility index (Phi) is 4.77. The number of benzene rings is 2. The molecule has 2 aromatic carbocycles. The van der Waals surface area contributed by atoms with Crippen molar-refractivity contribution in [2.24, 2.45) is 5.41 Å². The molecular formula is C23H28FN3. The lowest BCUT2D eigenvalue weighted by molar-refractivity contribution is 0.205. The molecular weight excluding hydrogens is 337 g/mol. The van der Waals surface area contributed by atoms with E-state index in [4.69, 9.17) is 0 Å². The topological polar surface area (TPSA) is 40.7 Å².